The first-order chi connectivity index (χ1) is 18.1. The summed E-state index contributed by atoms with van der Waals surface area (Å²) in [6.45, 7) is 1.96. The van der Waals surface area contributed by atoms with Gasteiger partial charge < -0.3 is 10.2 Å². The Balaban J connectivity index is 2.03. The van der Waals surface area contributed by atoms with Crippen LogP contribution >= 0.6 is 23.2 Å². The summed E-state index contributed by atoms with van der Waals surface area (Å²) in [6, 6.07) is 21.7. The van der Waals surface area contributed by atoms with Crippen molar-refractivity contribution >= 4 is 50.7 Å². The highest BCUT2D eigenvalue weighted by molar-refractivity contribution is 7.92. The minimum atomic E-state index is -3.84. The highest BCUT2D eigenvalue weighted by Crippen LogP contribution is 2.23. The molecule has 0 aliphatic heterocycles. The molecular formula is C28H31Cl2N3O4S. The predicted octanol–water partition coefficient (Wildman–Crippen LogP) is 4.93. The van der Waals surface area contributed by atoms with Crippen molar-refractivity contribution in [3.63, 3.8) is 0 Å². The second-order valence-electron chi connectivity index (χ2n) is 8.89. The third-order valence-corrected chi connectivity index (χ3v) is 7.48. The number of benzene rings is 3. The molecular weight excluding hydrogens is 545 g/mol. The molecule has 0 aliphatic carbocycles. The van der Waals surface area contributed by atoms with E-state index in [1.165, 1.54) is 17.0 Å². The normalized spacial score (nSPS) is 12.0. The Morgan fingerprint density at radius 2 is 1.55 bits per heavy atom. The summed E-state index contributed by atoms with van der Waals surface area (Å²) in [7, 11) is -3.84. The fourth-order valence-corrected chi connectivity index (χ4v) is 5.16. The molecule has 7 nitrogen and oxygen atoms in total. The summed E-state index contributed by atoms with van der Waals surface area (Å²) in [4.78, 5) is 28.8. The molecule has 1 N–H and O–H groups in total. The van der Waals surface area contributed by atoms with Gasteiger partial charge in [-0.2, -0.15) is 0 Å². The van der Waals surface area contributed by atoms with Crippen LogP contribution in [0.1, 0.15) is 24.5 Å². The van der Waals surface area contributed by atoms with E-state index in [0.29, 0.717) is 27.8 Å². The number of hydrogen-bond acceptors (Lipinski definition) is 4. The minimum Gasteiger partial charge on any atom is -0.354 e. The number of rotatable bonds is 12. The second kappa shape index (κ2) is 13.6. The Bertz CT molecular complexity index is 1340. The van der Waals surface area contributed by atoms with Gasteiger partial charge in [-0.05, 0) is 53.9 Å². The Morgan fingerprint density at radius 3 is 2.16 bits per heavy atom. The minimum absolute atomic E-state index is 0.0641. The SMILES string of the molecule is CCCNC(=O)[C@H](Cc1ccccc1)N(Cc1cccc(Cl)c1)C(=O)CN(c1ccc(Cl)cc1)S(C)(=O)=O. The van der Waals surface area contributed by atoms with Crippen molar-refractivity contribution in [3.05, 3.63) is 100 Å². The van der Waals surface area contributed by atoms with Crippen molar-refractivity contribution in [1.82, 2.24) is 10.2 Å². The van der Waals surface area contributed by atoms with Crippen LogP contribution in [-0.4, -0.2) is 50.5 Å². The maximum atomic E-state index is 13.9. The third-order valence-electron chi connectivity index (χ3n) is 5.86. The fraction of sp³-hybridized carbons (Fsp3) is 0.286. The van der Waals surface area contributed by atoms with E-state index in [9.17, 15) is 18.0 Å². The molecule has 10 heteroatoms. The van der Waals surface area contributed by atoms with E-state index >= 15 is 0 Å². The van der Waals surface area contributed by atoms with Gasteiger partial charge in [0.25, 0.3) is 0 Å². The molecule has 2 amide bonds. The maximum absolute atomic E-state index is 13.9. The third kappa shape index (κ3) is 8.48. The highest BCUT2D eigenvalue weighted by Gasteiger charge is 2.33. The Hall–Kier alpha value is -3.07. The smallest absolute Gasteiger partial charge is 0.244 e. The molecule has 0 bridgehead atoms. The summed E-state index contributed by atoms with van der Waals surface area (Å²) in [5.74, 6) is -0.846. The molecule has 0 aromatic heterocycles. The van der Waals surface area contributed by atoms with Crippen LogP contribution in [0.3, 0.4) is 0 Å². The lowest BCUT2D eigenvalue weighted by Gasteiger charge is -2.33. The van der Waals surface area contributed by atoms with Crippen LogP contribution in [0.2, 0.25) is 10.0 Å². The monoisotopic (exact) mass is 575 g/mol. The quantitative estimate of drug-likeness (QED) is 0.332. The highest BCUT2D eigenvalue weighted by atomic mass is 35.5. The van der Waals surface area contributed by atoms with Crippen molar-refractivity contribution in [3.8, 4) is 0 Å². The summed E-state index contributed by atoms with van der Waals surface area (Å²) in [5, 5.41) is 3.83. The fourth-order valence-electron chi connectivity index (χ4n) is 3.97. The zero-order chi connectivity index (χ0) is 27.7. The number of anilines is 1. The van der Waals surface area contributed by atoms with E-state index in [1.807, 2.05) is 43.3 Å². The van der Waals surface area contributed by atoms with Crippen LogP contribution in [0, 0.1) is 0 Å². The number of hydrogen-bond donors (Lipinski definition) is 1. The lowest BCUT2D eigenvalue weighted by atomic mass is 10.0. The summed E-state index contributed by atoms with van der Waals surface area (Å²) < 4.78 is 26.5. The van der Waals surface area contributed by atoms with Gasteiger partial charge in [0.05, 0.1) is 11.9 Å². The van der Waals surface area contributed by atoms with E-state index in [2.05, 4.69) is 5.32 Å². The van der Waals surface area contributed by atoms with Gasteiger partial charge in [0.15, 0.2) is 0 Å². The second-order valence-corrected chi connectivity index (χ2v) is 11.7. The Morgan fingerprint density at radius 1 is 0.895 bits per heavy atom. The van der Waals surface area contributed by atoms with E-state index in [4.69, 9.17) is 23.2 Å². The van der Waals surface area contributed by atoms with Crippen molar-refractivity contribution < 1.29 is 18.0 Å². The molecule has 0 heterocycles. The zero-order valence-electron chi connectivity index (χ0n) is 21.3. The molecule has 0 spiro atoms. The van der Waals surface area contributed by atoms with Crippen LogP contribution < -0.4 is 9.62 Å². The Kier molecular flexibility index (Phi) is 10.6. The van der Waals surface area contributed by atoms with Crippen molar-refractivity contribution in [2.45, 2.75) is 32.4 Å². The van der Waals surface area contributed by atoms with Crippen LogP contribution in [0.15, 0.2) is 78.9 Å². The average Bonchev–Trinajstić information content (AvgIpc) is 2.88. The molecule has 0 unspecified atom stereocenters. The van der Waals surface area contributed by atoms with Gasteiger partial charge in [-0.15, -0.1) is 0 Å². The molecule has 3 rings (SSSR count). The number of halogens is 2. The first kappa shape index (κ1) is 29.5. The van der Waals surface area contributed by atoms with E-state index in [1.54, 1.807) is 30.3 Å². The van der Waals surface area contributed by atoms with Gasteiger partial charge in [0.1, 0.15) is 12.6 Å². The first-order valence-electron chi connectivity index (χ1n) is 12.2. The lowest BCUT2D eigenvalue weighted by molar-refractivity contribution is -0.140. The van der Waals surface area contributed by atoms with Crippen LogP contribution in [-0.2, 0) is 32.6 Å². The molecule has 0 saturated heterocycles. The van der Waals surface area contributed by atoms with E-state index in [0.717, 1.165) is 22.5 Å². The molecule has 0 fully saturated rings. The predicted molar refractivity (Wildman–Crippen MR) is 153 cm³/mol. The summed E-state index contributed by atoms with van der Waals surface area (Å²) in [5.41, 5.74) is 1.87. The van der Waals surface area contributed by atoms with Crippen molar-refractivity contribution in [1.29, 1.82) is 0 Å². The van der Waals surface area contributed by atoms with E-state index in [-0.39, 0.29) is 18.9 Å². The number of sulfonamides is 1. The lowest BCUT2D eigenvalue weighted by Crippen LogP contribution is -2.53. The number of amides is 2. The molecule has 202 valence electrons. The van der Waals surface area contributed by atoms with Gasteiger partial charge >= 0.3 is 0 Å². The van der Waals surface area contributed by atoms with Crippen LogP contribution in [0.5, 0.6) is 0 Å². The molecule has 0 aliphatic rings. The molecule has 1 atom stereocenters. The number of nitrogens with one attached hydrogen (secondary N) is 1. The van der Waals surface area contributed by atoms with Crippen LogP contribution in [0.4, 0.5) is 5.69 Å². The number of nitrogens with zero attached hydrogens (tertiary/aromatic N) is 2. The standard InChI is InChI=1S/C28H31Cl2N3O4S/c1-3-16-31-28(35)26(18-21-8-5-4-6-9-21)32(19-22-10-7-11-24(30)17-22)27(34)20-33(38(2,36)37)25-14-12-23(29)13-15-25/h4-15,17,26H,3,16,18-20H2,1-2H3,(H,31,35)/t26-/m0/s1. The number of carbonyl (C=O) groups excluding carboxylic acids is 2. The molecule has 3 aromatic rings. The van der Waals surface area contributed by atoms with Gasteiger partial charge in [0, 0.05) is 29.6 Å². The molecule has 38 heavy (non-hydrogen) atoms. The summed E-state index contributed by atoms with van der Waals surface area (Å²) >= 11 is 12.2. The van der Waals surface area contributed by atoms with Crippen molar-refractivity contribution in [2.24, 2.45) is 0 Å². The van der Waals surface area contributed by atoms with E-state index < -0.39 is 28.5 Å². The topological polar surface area (TPSA) is 86.8 Å². The van der Waals surface area contributed by atoms with Gasteiger partial charge in [-0.3, -0.25) is 13.9 Å². The maximum Gasteiger partial charge on any atom is 0.244 e. The average molecular weight is 577 g/mol. The van der Waals surface area contributed by atoms with Gasteiger partial charge in [-0.1, -0.05) is 72.6 Å². The van der Waals surface area contributed by atoms with Crippen LogP contribution in [0.25, 0.3) is 0 Å². The zero-order valence-corrected chi connectivity index (χ0v) is 23.6. The van der Waals surface area contributed by atoms with Gasteiger partial charge in [-0.25, -0.2) is 8.42 Å². The molecule has 0 saturated carbocycles. The first-order valence-corrected chi connectivity index (χ1v) is 14.8. The Labute approximate surface area is 234 Å². The number of carbonyl (C=O) groups is 2. The van der Waals surface area contributed by atoms with Crippen molar-refractivity contribution in [2.75, 3.05) is 23.7 Å². The van der Waals surface area contributed by atoms with Gasteiger partial charge in [0.2, 0.25) is 21.8 Å². The molecule has 3 aromatic carbocycles. The molecule has 0 radical (unpaired) electrons. The summed E-state index contributed by atoms with van der Waals surface area (Å²) in [6.07, 6.45) is 2.01. The largest absolute Gasteiger partial charge is 0.354 e.